The molecule has 113 heavy (non-hydrogen) atoms. The van der Waals surface area contributed by atoms with Crippen LogP contribution in [0.25, 0.3) is 54.9 Å². The van der Waals surface area contributed by atoms with Crippen molar-refractivity contribution in [2.45, 2.75) is 158 Å². The summed E-state index contributed by atoms with van der Waals surface area (Å²) < 4.78 is 60.2. The van der Waals surface area contributed by atoms with E-state index in [0.29, 0.717) is 58.0 Å². The molecule has 28 nitrogen and oxygen atoms in total. The number of hydrogen-bond donors (Lipinski definition) is 5. The Morgan fingerprint density at radius 3 is 2.11 bits per heavy atom. The number of nitrogens with one attached hydrogen (secondary N) is 4. The molecule has 2 aliphatic carbocycles. The number of nitrogens with zero attached hydrogens (tertiary/aromatic N) is 15. The molecule has 17 rings (SSSR count). The Morgan fingerprint density at radius 2 is 1.39 bits per heavy atom. The third-order valence-electron chi connectivity index (χ3n) is 24.7. The number of fused-ring (bicyclic) bond motifs is 5. The monoisotopic (exact) mass is 1540 g/mol. The fourth-order valence-electron chi connectivity index (χ4n) is 18.7. The molecular formula is C82H88F3N19O9. The van der Waals surface area contributed by atoms with E-state index in [9.17, 15) is 57.1 Å². The van der Waals surface area contributed by atoms with Crippen molar-refractivity contribution in [1.29, 1.82) is 5.26 Å². The molecule has 31 heteroatoms. The lowest BCUT2D eigenvalue weighted by atomic mass is 9.84. The van der Waals surface area contributed by atoms with E-state index in [1.165, 1.54) is 10.8 Å². The number of piperidine rings is 4. The van der Waals surface area contributed by atoms with Gasteiger partial charge in [-0.2, -0.15) is 28.6 Å². The van der Waals surface area contributed by atoms with Crippen LogP contribution in [0.5, 0.6) is 5.75 Å². The van der Waals surface area contributed by atoms with E-state index < -0.39 is 47.9 Å². The summed E-state index contributed by atoms with van der Waals surface area (Å²) in [6.07, 6.45) is 15.2. The second-order valence-electron chi connectivity index (χ2n) is 31.7. The number of aromatic nitrogens is 11. The lowest BCUT2D eigenvalue weighted by molar-refractivity contribution is -0.138. The Bertz CT molecular complexity index is 5750. The normalized spacial score (nSPS) is 21.9. The van der Waals surface area contributed by atoms with Crippen LogP contribution in [0.15, 0.2) is 126 Å². The number of anilines is 3. The van der Waals surface area contributed by atoms with Crippen LogP contribution >= 0.6 is 0 Å². The average molecular weight is 1540 g/mol. The highest BCUT2D eigenvalue weighted by Crippen LogP contribution is 2.42. The number of imide groups is 1. The summed E-state index contributed by atoms with van der Waals surface area (Å²) in [5.41, 5.74) is 6.16. The van der Waals surface area contributed by atoms with E-state index in [1.54, 1.807) is 62.8 Å². The number of aliphatic hydroxyl groups is 1. The average Bonchev–Trinajstić information content (AvgIpc) is 1.60. The van der Waals surface area contributed by atoms with Crippen molar-refractivity contribution in [3.05, 3.63) is 165 Å². The number of pyridine rings is 2. The fourth-order valence-corrected chi connectivity index (χ4v) is 18.7. The van der Waals surface area contributed by atoms with Crippen molar-refractivity contribution >= 4 is 102 Å². The maximum Gasteiger partial charge on any atom is 0.417 e. The van der Waals surface area contributed by atoms with Crippen LogP contribution in [-0.2, 0) is 41.3 Å². The molecule has 5 N–H and O–H groups in total. The van der Waals surface area contributed by atoms with Gasteiger partial charge in [0.15, 0.2) is 0 Å². The molecule has 0 spiro atoms. The molecule has 11 aromatic rings. The summed E-state index contributed by atoms with van der Waals surface area (Å²) in [7, 11) is 5.72. The Balaban J connectivity index is 0.533. The summed E-state index contributed by atoms with van der Waals surface area (Å²) in [5, 5.41) is 43.7. The molecular weight excluding hydrogens is 1450 g/mol. The number of carbonyl (C=O) groups is 5. The Morgan fingerprint density at radius 1 is 0.708 bits per heavy atom. The van der Waals surface area contributed by atoms with Gasteiger partial charge in [0.25, 0.3) is 5.91 Å². The van der Waals surface area contributed by atoms with E-state index in [0.717, 1.165) is 173 Å². The summed E-state index contributed by atoms with van der Waals surface area (Å²) in [5.74, 6) is -0.490. The molecule has 4 saturated heterocycles. The van der Waals surface area contributed by atoms with Crippen LogP contribution in [0, 0.1) is 23.2 Å². The first-order chi connectivity index (χ1) is 54.5. The molecule has 3 atom stereocenters. The number of halogens is 3. The van der Waals surface area contributed by atoms with E-state index >= 15 is 0 Å². The number of likely N-dealkylation sites (tertiary alicyclic amines) is 1. The SMILES string of the molecule is CN(CC1CCC(n2cc3cc(NC(=O)c4cncc(C(F)(F)F)c4)c(OCc4cn(C(=O)Nc5ccc6nn(C7CCC(CN8CCC(c9cccc%10c9n(C)c(=O)n%10C9CCC(=O)NC9=O)CC8)CC7)cc6c5)c5ncc(C#N)cc45)cc3n2)CC1)C1CCN(c2cccc3c2n(C)c(=O)n3C2CCC(=O)NC2O)CC1. The Kier molecular flexibility index (Phi) is 19.9. The number of ether oxygens (including phenoxy) is 1. The van der Waals surface area contributed by atoms with Gasteiger partial charge in [-0.05, 0) is 188 Å². The van der Waals surface area contributed by atoms with Crippen molar-refractivity contribution in [2.24, 2.45) is 25.9 Å². The zero-order valence-corrected chi connectivity index (χ0v) is 63.0. The van der Waals surface area contributed by atoms with Gasteiger partial charge in [-0.1, -0.05) is 18.2 Å². The maximum absolute atomic E-state index is 14.5. The summed E-state index contributed by atoms with van der Waals surface area (Å²) in [6, 6.07) is 24.0. The van der Waals surface area contributed by atoms with E-state index in [2.05, 4.69) is 69.8 Å². The second-order valence-corrected chi connectivity index (χ2v) is 31.7. The number of aryl methyl sites for hydroxylation is 2. The quantitative estimate of drug-likeness (QED) is 0.0529. The highest BCUT2D eigenvalue weighted by Gasteiger charge is 2.38. The molecule has 3 unspecified atom stereocenters. The first kappa shape index (κ1) is 74.3. The smallest absolute Gasteiger partial charge is 0.417 e. The number of rotatable bonds is 17. The molecule has 586 valence electrons. The number of imidazole rings is 2. The highest BCUT2D eigenvalue weighted by atomic mass is 19.4. The molecule has 4 aromatic carbocycles. The topological polar surface area (TPSA) is 317 Å². The van der Waals surface area contributed by atoms with E-state index in [-0.39, 0.29) is 95.3 Å². The zero-order chi connectivity index (χ0) is 78.3. The van der Waals surface area contributed by atoms with E-state index in [1.807, 2.05) is 59.5 Å². The minimum Gasteiger partial charge on any atom is -0.487 e. The third-order valence-corrected chi connectivity index (χ3v) is 24.7. The van der Waals surface area contributed by atoms with Crippen molar-refractivity contribution in [2.75, 3.05) is 61.8 Å². The van der Waals surface area contributed by atoms with E-state index in [4.69, 9.17) is 14.9 Å². The first-order valence-electron chi connectivity index (χ1n) is 39.1. The van der Waals surface area contributed by atoms with Crippen LogP contribution in [0.3, 0.4) is 0 Å². The van der Waals surface area contributed by atoms with Crippen LogP contribution in [0.1, 0.15) is 165 Å². The maximum atomic E-state index is 14.5. The lowest BCUT2D eigenvalue weighted by Crippen LogP contribution is -2.47. The number of para-hydroxylation sites is 2. The molecule has 7 aromatic heterocycles. The number of carbonyl (C=O) groups excluding carboxylic acids is 5. The number of amides is 5. The summed E-state index contributed by atoms with van der Waals surface area (Å²) in [6.45, 7) is 5.20. The van der Waals surface area contributed by atoms with Gasteiger partial charge >= 0.3 is 23.6 Å². The molecule has 6 fully saturated rings. The Hall–Kier alpha value is -11.5. The number of aliphatic hydroxyl groups excluding tert-OH is 1. The number of nitriles is 1. The van der Waals surface area contributed by atoms with Gasteiger partial charge in [-0.15, -0.1) is 0 Å². The van der Waals surface area contributed by atoms with Crippen LogP contribution in [0.4, 0.5) is 35.0 Å². The number of benzene rings is 4. The second kappa shape index (κ2) is 30.2. The molecule has 0 radical (unpaired) electrons. The lowest BCUT2D eigenvalue weighted by Gasteiger charge is -2.40. The van der Waals surface area contributed by atoms with Gasteiger partial charge in [0, 0.05) is 130 Å². The van der Waals surface area contributed by atoms with Gasteiger partial charge < -0.3 is 40.5 Å². The van der Waals surface area contributed by atoms with Crippen molar-refractivity contribution in [3.63, 3.8) is 0 Å². The number of alkyl halides is 3. The molecule has 5 amide bonds. The summed E-state index contributed by atoms with van der Waals surface area (Å²) in [4.78, 5) is 108. The van der Waals surface area contributed by atoms with Crippen molar-refractivity contribution in [3.8, 4) is 11.8 Å². The molecule has 4 aliphatic heterocycles. The zero-order valence-electron chi connectivity index (χ0n) is 63.0. The minimum atomic E-state index is -4.76. The van der Waals surface area contributed by atoms with Crippen molar-refractivity contribution < 1.29 is 47.0 Å². The van der Waals surface area contributed by atoms with Gasteiger partial charge in [0.1, 0.15) is 36.3 Å². The van der Waals surface area contributed by atoms with Gasteiger partial charge in [-0.25, -0.2) is 19.4 Å². The predicted molar refractivity (Wildman–Crippen MR) is 416 cm³/mol. The number of hydrogen-bond acceptors (Lipinski definition) is 17. The van der Waals surface area contributed by atoms with Gasteiger partial charge in [-0.3, -0.25) is 61.7 Å². The third kappa shape index (κ3) is 14.5. The predicted octanol–water partition coefficient (Wildman–Crippen LogP) is 10.9. The fraction of sp³-hybridized carbons (Fsp3) is 0.439. The van der Waals surface area contributed by atoms with Crippen molar-refractivity contribution in [1.82, 2.24) is 72.8 Å². The minimum absolute atomic E-state index is 0.0537. The molecule has 0 bridgehead atoms. The summed E-state index contributed by atoms with van der Waals surface area (Å²) >= 11 is 0. The van der Waals surface area contributed by atoms with Gasteiger partial charge in [0.05, 0.1) is 79.3 Å². The van der Waals surface area contributed by atoms with Crippen LogP contribution in [-0.4, -0.2) is 156 Å². The molecule has 6 aliphatic rings. The Labute approximate surface area is 646 Å². The first-order valence-corrected chi connectivity index (χ1v) is 39.1. The van der Waals surface area contributed by atoms with Crippen LogP contribution in [0.2, 0.25) is 0 Å². The standard InChI is InChI=1S/C82H88F3N19O9/c1-95(57-26-30-99(31-27-57)65-7-5-9-67-74(65)97(3)81(112)104(67)69-21-23-72(106)92-78(69)109)41-47-10-15-59(16-11-47)102-45-53-35-64(90-76(107)51-33-55(40-87-39-51)82(83,84)85)70(36-63(53)94-102)113-46-54-43-100(75-61(54)32-49(37-86)38-88-75)79(110)89-56-14-19-62-52(34-56)44-101(93-62)58-17-12-48(13-18-58)42-98-28-24-50(25-29-98)60-6-4-8-66-73(60)96(2)80(111)103(66)68-20-22-71(105)91-77(68)108/h4-9,14,19,32-36,38-40,43-45,47-48,50,57-59,68-69,78,109H,10-13,15-18,20-31,41-42,46H2,1-3H3,(H,89,110)(H,90,107)(H,92,106)(H,91,105,108). The molecule has 11 heterocycles. The molecule has 2 saturated carbocycles. The highest BCUT2D eigenvalue weighted by molar-refractivity contribution is 6.06. The van der Waals surface area contributed by atoms with Crippen LogP contribution < -0.4 is 42.3 Å². The largest absolute Gasteiger partial charge is 0.487 e. The van der Waals surface area contributed by atoms with Gasteiger partial charge in [0.2, 0.25) is 17.7 Å².